The number of aryl methyl sites for hydroxylation is 1. The smallest absolute Gasteiger partial charge is 0.251 e. The van der Waals surface area contributed by atoms with E-state index in [1.165, 1.54) is 0 Å². The standard InChI is InChI=1S/C26H26N2O3/c1-31-23-16-8-14-20-15-9-17-28(25(20)23)24(29)18-22(19-10-4-2-5-11-19)27-26(30)21-12-6-3-7-13-21/h2-8,10-14,16,22H,9,15,17-18H2,1H3,(H,27,30). The largest absolute Gasteiger partial charge is 0.495 e. The molecule has 0 saturated carbocycles. The van der Waals surface area contributed by atoms with Crippen molar-refractivity contribution in [3.8, 4) is 5.75 Å². The van der Waals surface area contributed by atoms with Crippen molar-refractivity contribution in [3.63, 3.8) is 0 Å². The summed E-state index contributed by atoms with van der Waals surface area (Å²) in [6, 6.07) is 24.2. The zero-order valence-corrected chi connectivity index (χ0v) is 17.6. The van der Waals surface area contributed by atoms with Crippen molar-refractivity contribution in [2.24, 2.45) is 0 Å². The number of rotatable bonds is 6. The summed E-state index contributed by atoms with van der Waals surface area (Å²) in [6.45, 7) is 0.639. The molecule has 4 rings (SSSR count). The number of nitrogens with one attached hydrogen (secondary N) is 1. The number of methoxy groups -OCH3 is 1. The molecule has 2 amide bonds. The van der Waals surface area contributed by atoms with Crippen LogP contribution in [0.4, 0.5) is 5.69 Å². The minimum Gasteiger partial charge on any atom is -0.495 e. The Kier molecular flexibility index (Phi) is 6.32. The van der Waals surface area contributed by atoms with Gasteiger partial charge in [0, 0.05) is 12.1 Å². The van der Waals surface area contributed by atoms with Gasteiger partial charge in [-0.2, -0.15) is 0 Å². The minimum absolute atomic E-state index is 0.0346. The van der Waals surface area contributed by atoms with Crippen LogP contribution in [0.15, 0.2) is 78.9 Å². The number of nitrogens with zero attached hydrogens (tertiary/aromatic N) is 1. The van der Waals surface area contributed by atoms with Gasteiger partial charge in [-0.1, -0.05) is 60.7 Å². The highest BCUT2D eigenvalue weighted by Gasteiger charge is 2.28. The molecule has 3 aromatic carbocycles. The van der Waals surface area contributed by atoms with Crippen molar-refractivity contribution < 1.29 is 14.3 Å². The number of fused-ring (bicyclic) bond motifs is 1. The van der Waals surface area contributed by atoms with E-state index in [9.17, 15) is 9.59 Å². The molecular formula is C26H26N2O3. The summed E-state index contributed by atoms with van der Waals surface area (Å²) < 4.78 is 5.54. The Balaban J connectivity index is 1.60. The van der Waals surface area contributed by atoms with Gasteiger partial charge in [-0.15, -0.1) is 0 Å². The van der Waals surface area contributed by atoms with E-state index >= 15 is 0 Å². The van der Waals surface area contributed by atoms with Crippen LogP contribution >= 0.6 is 0 Å². The van der Waals surface area contributed by atoms with E-state index in [1.807, 2.05) is 71.6 Å². The fourth-order valence-corrected chi connectivity index (χ4v) is 4.08. The predicted octanol–water partition coefficient (Wildman–Crippen LogP) is 4.54. The van der Waals surface area contributed by atoms with E-state index < -0.39 is 6.04 Å². The summed E-state index contributed by atoms with van der Waals surface area (Å²) in [4.78, 5) is 28.1. The van der Waals surface area contributed by atoms with Gasteiger partial charge in [0.2, 0.25) is 5.91 Å². The summed E-state index contributed by atoms with van der Waals surface area (Å²) >= 11 is 0. The monoisotopic (exact) mass is 414 g/mol. The molecule has 0 aromatic heterocycles. The van der Waals surface area contributed by atoms with Crippen LogP contribution in [0.1, 0.15) is 40.4 Å². The van der Waals surface area contributed by atoms with E-state index in [-0.39, 0.29) is 18.2 Å². The number of hydrogen-bond acceptors (Lipinski definition) is 3. The first kappa shape index (κ1) is 20.7. The second-order valence-corrected chi connectivity index (χ2v) is 7.62. The molecular weight excluding hydrogens is 388 g/mol. The first-order valence-corrected chi connectivity index (χ1v) is 10.5. The lowest BCUT2D eigenvalue weighted by molar-refractivity contribution is -0.119. The van der Waals surface area contributed by atoms with Crippen LogP contribution in [0.2, 0.25) is 0 Å². The highest BCUT2D eigenvalue weighted by atomic mass is 16.5. The minimum atomic E-state index is -0.429. The number of carbonyl (C=O) groups is 2. The second-order valence-electron chi connectivity index (χ2n) is 7.62. The van der Waals surface area contributed by atoms with E-state index in [1.54, 1.807) is 19.2 Å². The van der Waals surface area contributed by atoms with E-state index in [4.69, 9.17) is 4.74 Å². The molecule has 0 spiro atoms. The zero-order chi connectivity index (χ0) is 21.6. The Labute approximate surface area is 182 Å². The molecule has 1 aliphatic rings. The molecule has 0 radical (unpaired) electrons. The maximum atomic E-state index is 13.4. The lowest BCUT2D eigenvalue weighted by Crippen LogP contribution is -2.39. The van der Waals surface area contributed by atoms with Gasteiger partial charge in [0.1, 0.15) is 5.75 Å². The van der Waals surface area contributed by atoms with Crippen LogP contribution in [0.5, 0.6) is 5.75 Å². The summed E-state index contributed by atoms with van der Waals surface area (Å²) in [5.41, 5.74) is 3.43. The van der Waals surface area contributed by atoms with Crippen molar-refractivity contribution in [3.05, 3.63) is 95.6 Å². The molecule has 31 heavy (non-hydrogen) atoms. The number of hydrogen-bond donors (Lipinski definition) is 1. The summed E-state index contributed by atoms with van der Waals surface area (Å²) in [6.07, 6.45) is 1.99. The molecule has 1 N–H and O–H groups in total. The Bertz CT molecular complexity index is 1040. The van der Waals surface area contributed by atoms with Gasteiger partial charge in [0.25, 0.3) is 5.91 Å². The van der Waals surface area contributed by atoms with Gasteiger partial charge >= 0.3 is 0 Å². The lowest BCUT2D eigenvalue weighted by atomic mass is 9.98. The van der Waals surface area contributed by atoms with Crippen molar-refractivity contribution in [2.75, 3.05) is 18.6 Å². The quantitative estimate of drug-likeness (QED) is 0.644. The average Bonchev–Trinajstić information content (AvgIpc) is 2.83. The molecule has 0 fully saturated rings. The molecule has 0 aliphatic carbocycles. The van der Waals surface area contributed by atoms with Gasteiger partial charge < -0.3 is 15.0 Å². The van der Waals surface area contributed by atoms with Crippen molar-refractivity contribution in [1.29, 1.82) is 0 Å². The molecule has 5 heteroatoms. The molecule has 1 heterocycles. The van der Waals surface area contributed by atoms with Gasteiger partial charge in [0.15, 0.2) is 0 Å². The van der Waals surface area contributed by atoms with Crippen LogP contribution in [0, 0.1) is 0 Å². The Hall–Kier alpha value is -3.60. The van der Waals surface area contributed by atoms with Crippen molar-refractivity contribution in [2.45, 2.75) is 25.3 Å². The van der Waals surface area contributed by atoms with E-state index in [0.717, 1.165) is 29.7 Å². The number of ether oxygens (including phenoxy) is 1. The topological polar surface area (TPSA) is 58.6 Å². The molecule has 1 unspecified atom stereocenters. The van der Waals surface area contributed by atoms with Crippen LogP contribution in [0.3, 0.4) is 0 Å². The van der Waals surface area contributed by atoms with Crippen LogP contribution in [-0.2, 0) is 11.2 Å². The molecule has 158 valence electrons. The zero-order valence-electron chi connectivity index (χ0n) is 17.6. The summed E-state index contributed by atoms with van der Waals surface area (Å²) in [5.74, 6) is 0.474. The van der Waals surface area contributed by atoms with Crippen LogP contribution in [-0.4, -0.2) is 25.5 Å². The van der Waals surface area contributed by atoms with Crippen LogP contribution < -0.4 is 15.0 Å². The molecule has 5 nitrogen and oxygen atoms in total. The third kappa shape index (κ3) is 4.61. The fraction of sp³-hybridized carbons (Fsp3) is 0.231. The maximum absolute atomic E-state index is 13.4. The normalized spacial score (nSPS) is 13.8. The third-order valence-corrected chi connectivity index (χ3v) is 5.62. The van der Waals surface area contributed by atoms with Crippen molar-refractivity contribution in [1.82, 2.24) is 5.32 Å². The van der Waals surface area contributed by atoms with Crippen molar-refractivity contribution >= 4 is 17.5 Å². The highest BCUT2D eigenvalue weighted by molar-refractivity contribution is 5.98. The average molecular weight is 415 g/mol. The Morgan fingerprint density at radius 1 is 0.968 bits per heavy atom. The lowest BCUT2D eigenvalue weighted by Gasteiger charge is -2.32. The van der Waals surface area contributed by atoms with Crippen LogP contribution in [0.25, 0.3) is 0 Å². The number of anilines is 1. The SMILES string of the molecule is COc1cccc2c1N(C(=O)CC(NC(=O)c1ccccc1)c1ccccc1)CCC2. The molecule has 3 aromatic rings. The maximum Gasteiger partial charge on any atom is 0.251 e. The first-order valence-electron chi connectivity index (χ1n) is 10.5. The number of carbonyl (C=O) groups excluding carboxylic acids is 2. The fourth-order valence-electron chi connectivity index (χ4n) is 4.08. The third-order valence-electron chi connectivity index (χ3n) is 5.62. The Morgan fingerprint density at radius 3 is 2.39 bits per heavy atom. The van der Waals surface area contributed by atoms with Gasteiger partial charge in [-0.3, -0.25) is 9.59 Å². The van der Waals surface area contributed by atoms with E-state index in [2.05, 4.69) is 5.32 Å². The molecule has 1 aliphatic heterocycles. The molecule has 1 atom stereocenters. The van der Waals surface area contributed by atoms with E-state index in [0.29, 0.717) is 17.9 Å². The summed E-state index contributed by atoms with van der Waals surface area (Å²) in [5, 5.41) is 3.05. The van der Waals surface area contributed by atoms with Gasteiger partial charge in [-0.05, 0) is 42.2 Å². The highest BCUT2D eigenvalue weighted by Crippen LogP contribution is 2.37. The first-order chi connectivity index (χ1) is 15.2. The number of amides is 2. The number of benzene rings is 3. The number of para-hydroxylation sites is 1. The molecule has 0 saturated heterocycles. The van der Waals surface area contributed by atoms with Gasteiger partial charge in [0.05, 0.1) is 25.3 Å². The Morgan fingerprint density at radius 2 is 1.68 bits per heavy atom. The van der Waals surface area contributed by atoms with Gasteiger partial charge in [-0.25, -0.2) is 0 Å². The molecule has 0 bridgehead atoms. The predicted molar refractivity (Wildman–Crippen MR) is 121 cm³/mol. The second kappa shape index (κ2) is 9.47. The summed E-state index contributed by atoms with van der Waals surface area (Å²) in [7, 11) is 1.62.